The molecule has 0 spiro atoms. The molecule has 0 aliphatic carbocycles. The number of rotatable bonds is 4. The van der Waals surface area contributed by atoms with Gasteiger partial charge in [-0.25, -0.2) is 4.39 Å². The average Bonchev–Trinajstić information content (AvgIpc) is 2.39. The first kappa shape index (κ1) is 13.8. The van der Waals surface area contributed by atoms with Crippen molar-refractivity contribution >= 4 is 11.6 Å². The number of benzene rings is 2. The van der Waals surface area contributed by atoms with E-state index in [4.69, 9.17) is 16.3 Å². The summed E-state index contributed by atoms with van der Waals surface area (Å²) in [7, 11) is 1.87. The summed E-state index contributed by atoms with van der Waals surface area (Å²) in [6.07, 6.45) is 0. The van der Waals surface area contributed by atoms with Crippen LogP contribution in [0.25, 0.3) is 0 Å². The van der Waals surface area contributed by atoms with Gasteiger partial charge in [0.25, 0.3) is 0 Å². The summed E-state index contributed by atoms with van der Waals surface area (Å²) >= 11 is 5.74. The first-order chi connectivity index (χ1) is 9.11. The van der Waals surface area contributed by atoms with Gasteiger partial charge in [-0.15, -0.1) is 0 Å². The zero-order valence-electron chi connectivity index (χ0n) is 10.8. The van der Waals surface area contributed by atoms with Gasteiger partial charge in [0.05, 0.1) is 5.02 Å². The maximum absolute atomic E-state index is 13.8. The van der Waals surface area contributed by atoms with Crippen molar-refractivity contribution in [2.24, 2.45) is 0 Å². The fourth-order valence-electron chi connectivity index (χ4n) is 1.75. The van der Waals surface area contributed by atoms with Crippen LogP contribution in [0.2, 0.25) is 5.02 Å². The molecule has 19 heavy (non-hydrogen) atoms. The minimum absolute atomic E-state index is 0.0570. The van der Waals surface area contributed by atoms with Crippen molar-refractivity contribution in [3.63, 3.8) is 0 Å². The molecule has 0 saturated carbocycles. The zero-order chi connectivity index (χ0) is 13.8. The smallest absolute Gasteiger partial charge is 0.184 e. The van der Waals surface area contributed by atoms with Crippen LogP contribution in [0.4, 0.5) is 4.39 Å². The lowest BCUT2D eigenvalue weighted by Gasteiger charge is -2.11. The van der Waals surface area contributed by atoms with E-state index in [0.29, 0.717) is 5.75 Å². The summed E-state index contributed by atoms with van der Waals surface area (Å²) in [5.41, 5.74) is 2.02. The standard InChI is InChI=1S/C15H15ClFNO/c1-10-6-7-11(9-18-2)8-14(10)19-13-5-3-4-12(16)15(13)17/h3-8,18H,9H2,1-2H3. The van der Waals surface area contributed by atoms with Crippen molar-refractivity contribution < 1.29 is 9.13 Å². The molecule has 2 aromatic carbocycles. The summed E-state index contributed by atoms with van der Waals surface area (Å²) in [5.74, 6) is 0.230. The Kier molecular flexibility index (Phi) is 4.40. The van der Waals surface area contributed by atoms with Gasteiger partial charge in [0.15, 0.2) is 11.6 Å². The third-order valence-corrected chi connectivity index (χ3v) is 3.06. The lowest BCUT2D eigenvalue weighted by molar-refractivity contribution is 0.439. The van der Waals surface area contributed by atoms with E-state index in [1.165, 1.54) is 6.07 Å². The molecule has 0 heterocycles. The Bertz CT molecular complexity index is 586. The molecule has 0 aliphatic rings. The summed E-state index contributed by atoms with van der Waals surface area (Å²) in [4.78, 5) is 0. The summed E-state index contributed by atoms with van der Waals surface area (Å²) in [6, 6.07) is 10.6. The van der Waals surface area contributed by atoms with Crippen LogP contribution in [0.15, 0.2) is 36.4 Å². The largest absolute Gasteiger partial charge is 0.454 e. The van der Waals surface area contributed by atoms with Gasteiger partial charge >= 0.3 is 0 Å². The quantitative estimate of drug-likeness (QED) is 0.901. The molecule has 2 aromatic rings. The minimum Gasteiger partial charge on any atom is -0.454 e. The van der Waals surface area contributed by atoms with Crippen LogP contribution < -0.4 is 10.1 Å². The Labute approximate surface area is 117 Å². The van der Waals surface area contributed by atoms with E-state index < -0.39 is 5.82 Å². The predicted octanol–water partition coefficient (Wildman–Crippen LogP) is 4.30. The molecule has 100 valence electrons. The van der Waals surface area contributed by atoms with Gasteiger partial charge < -0.3 is 10.1 Å². The molecule has 0 radical (unpaired) electrons. The zero-order valence-corrected chi connectivity index (χ0v) is 11.6. The van der Waals surface area contributed by atoms with Crippen LogP contribution >= 0.6 is 11.6 Å². The number of hydrogen-bond acceptors (Lipinski definition) is 2. The van der Waals surface area contributed by atoms with E-state index >= 15 is 0 Å². The normalized spacial score (nSPS) is 10.5. The second-order valence-electron chi connectivity index (χ2n) is 4.28. The van der Waals surface area contributed by atoms with Gasteiger partial charge in [-0.05, 0) is 43.3 Å². The third kappa shape index (κ3) is 3.25. The topological polar surface area (TPSA) is 21.3 Å². The lowest BCUT2D eigenvalue weighted by atomic mass is 10.1. The van der Waals surface area contributed by atoms with E-state index in [0.717, 1.165) is 17.7 Å². The van der Waals surface area contributed by atoms with Crippen molar-refractivity contribution in [2.75, 3.05) is 7.05 Å². The highest BCUT2D eigenvalue weighted by molar-refractivity contribution is 6.30. The van der Waals surface area contributed by atoms with Gasteiger partial charge in [0.1, 0.15) is 5.75 Å². The Morgan fingerprint density at radius 3 is 2.74 bits per heavy atom. The van der Waals surface area contributed by atoms with Crippen LogP contribution in [0.3, 0.4) is 0 Å². The molecule has 2 rings (SSSR count). The molecule has 0 aliphatic heterocycles. The second kappa shape index (κ2) is 6.04. The molecule has 2 nitrogen and oxygen atoms in total. The molecule has 4 heteroatoms. The Morgan fingerprint density at radius 2 is 2.00 bits per heavy atom. The monoisotopic (exact) mass is 279 g/mol. The number of aryl methyl sites for hydroxylation is 1. The number of hydrogen-bond donors (Lipinski definition) is 1. The highest BCUT2D eigenvalue weighted by Gasteiger charge is 2.10. The fourth-order valence-corrected chi connectivity index (χ4v) is 1.92. The molecule has 0 aromatic heterocycles. The minimum atomic E-state index is -0.539. The van der Waals surface area contributed by atoms with E-state index in [9.17, 15) is 4.39 Å². The summed E-state index contributed by atoms with van der Waals surface area (Å²) in [5, 5.41) is 3.12. The summed E-state index contributed by atoms with van der Waals surface area (Å²) < 4.78 is 19.4. The van der Waals surface area contributed by atoms with E-state index in [-0.39, 0.29) is 10.8 Å². The Morgan fingerprint density at radius 1 is 1.21 bits per heavy atom. The fraction of sp³-hybridized carbons (Fsp3) is 0.200. The lowest BCUT2D eigenvalue weighted by Crippen LogP contribution is -2.05. The highest BCUT2D eigenvalue weighted by atomic mass is 35.5. The second-order valence-corrected chi connectivity index (χ2v) is 4.69. The molecule has 0 bridgehead atoms. The Hall–Kier alpha value is -1.58. The van der Waals surface area contributed by atoms with Crippen LogP contribution in [-0.4, -0.2) is 7.05 Å². The van der Waals surface area contributed by atoms with E-state index in [1.807, 2.05) is 32.2 Å². The van der Waals surface area contributed by atoms with Gasteiger partial charge in [-0.1, -0.05) is 29.8 Å². The number of halogens is 2. The van der Waals surface area contributed by atoms with Crippen molar-refractivity contribution in [2.45, 2.75) is 13.5 Å². The number of ether oxygens (including phenoxy) is 1. The summed E-state index contributed by atoms with van der Waals surface area (Å²) in [6.45, 7) is 2.65. The van der Waals surface area contributed by atoms with Crippen molar-refractivity contribution in [3.8, 4) is 11.5 Å². The van der Waals surface area contributed by atoms with Gasteiger partial charge in [0, 0.05) is 6.54 Å². The van der Waals surface area contributed by atoms with Gasteiger partial charge in [0.2, 0.25) is 0 Å². The molecular weight excluding hydrogens is 265 g/mol. The van der Waals surface area contributed by atoms with Gasteiger partial charge in [-0.2, -0.15) is 0 Å². The maximum atomic E-state index is 13.8. The number of nitrogens with one attached hydrogen (secondary N) is 1. The SMILES string of the molecule is CNCc1ccc(C)c(Oc2cccc(Cl)c2F)c1. The molecule has 0 amide bonds. The molecule has 0 fully saturated rings. The van der Waals surface area contributed by atoms with Crippen LogP contribution in [0.5, 0.6) is 11.5 Å². The first-order valence-corrected chi connectivity index (χ1v) is 6.35. The van der Waals surface area contributed by atoms with Crippen molar-refractivity contribution in [1.82, 2.24) is 5.32 Å². The molecular formula is C15H15ClFNO. The average molecular weight is 280 g/mol. The van der Waals surface area contributed by atoms with Gasteiger partial charge in [-0.3, -0.25) is 0 Å². The molecule has 0 atom stereocenters. The highest BCUT2D eigenvalue weighted by Crippen LogP contribution is 2.31. The first-order valence-electron chi connectivity index (χ1n) is 5.98. The van der Waals surface area contributed by atoms with Crippen LogP contribution in [0, 0.1) is 12.7 Å². The van der Waals surface area contributed by atoms with Crippen LogP contribution in [-0.2, 0) is 6.54 Å². The Balaban J connectivity index is 2.32. The predicted molar refractivity (Wildman–Crippen MR) is 75.4 cm³/mol. The maximum Gasteiger partial charge on any atom is 0.184 e. The molecule has 0 saturated heterocycles. The van der Waals surface area contributed by atoms with E-state index in [1.54, 1.807) is 12.1 Å². The molecule has 1 N–H and O–H groups in total. The van der Waals surface area contributed by atoms with Crippen molar-refractivity contribution in [1.29, 1.82) is 0 Å². The van der Waals surface area contributed by atoms with Crippen molar-refractivity contribution in [3.05, 3.63) is 58.4 Å². The third-order valence-electron chi connectivity index (χ3n) is 2.77. The molecule has 0 unspecified atom stereocenters. The van der Waals surface area contributed by atoms with Crippen LogP contribution in [0.1, 0.15) is 11.1 Å². The van der Waals surface area contributed by atoms with E-state index in [2.05, 4.69) is 5.32 Å².